The standard InChI is InChI=1S/C19H26N2O/c1-16-6-7-18-14-17(8-12-22-19(18)13-16)5-3-2-4-10-21-11-9-20-15-21/h6-7,9,11,13,15,17H,2-5,8,10,12,14H2,1H3. The van der Waals surface area contributed by atoms with Crippen molar-refractivity contribution in [3.8, 4) is 5.75 Å². The van der Waals surface area contributed by atoms with E-state index in [1.807, 2.05) is 18.7 Å². The summed E-state index contributed by atoms with van der Waals surface area (Å²) in [5, 5.41) is 0. The van der Waals surface area contributed by atoms with E-state index < -0.39 is 0 Å². The molecule has 3 heteroatoms. The number of unbranched alkanes of at least 4 members (excludes halogenated alkanes) is 2. The van der Waals surface area contributed by atoms with Crippen molar-refractivity contribution in [2.75, 3.05) is 6.61 Å². The minimum Gasteiger partial charge on any atom is -0.493 e. The number of benzene rings is 1. The van der Waals surface area contributed by atoms with Crippen LogP contribution in [0.15, 0.2) is 36.9 Å². The van der Waals surface area contributed by atoms with Crippen molar-refractivity contribution in [3.63, 3.8) is 0 Å². The highest BCUT2D eigenvalue weighted by molar-refractivity contribution is 5.38. The van der Waals surface area contributed by atoms with Gasteiger partial charge in [-0.1, -0.05) is 31.4 Å². The molecule has 0 aliphatic carbocycles. The van der Waals surface area contributed by atoms with Crippen molar-refractivity contribution in [1.82, 2.24) is 9.55 Å². The molecule has 1 aromatic heterocycles. The molecule has 0 radical (unpaired) electrons. The molecule has 3 nitrogen and oxygen atoms in total. The van der Waals surface area contributed by atoms with Gasteiger partial charge in [-0.25, -0.2) is 4.98 Å². The van der Waals surface area contributed by atoms with Gasteiger partial charge in [0.25, 0.3) is 0 Å². The first kappa shape index (κ1) is 15.1. The fraction of sp³-hybridized carbons (Fsp3) is 0.526. The topological polar surface area (TPSA) is 27.1 Å². The Morgan fingerprint density at radius 2 is 2.23 bits per heavy atom. The van der Waals surface area contributed by atoms with Gasteiger partial charge in [-0.05, 0) is 49.3 Å². The Labute approximate surface area is 133 Å². The van der Waals surface area contributed by atoms with Crippen molar-refractivity contribution in [2.45, 2.75) is 52.0 Å². The second-order valence-corrected chi connectivity index (χ2v) is 6.47. The van der Waals surface area contributed by atoms with Gasteiger partial charge in [0.15, 0.2) is 0 Å². The molecule has 1 atom stereocenters. The lowest BCUT2D eigenvalue weighted by Gasteiger charge is -2.13. The van der Waals surface area contributed by atoms with Gasteiger partial charge in [0.05, 0.1) is 12.9 Å². The summed E-state index contributed by atoms with van der Waals surface area (Å²) in [6, 6.07) is 6.64. The molecule has 118 valence electrons. The number of rotatable bonds is 6. The Morgan fingerprint density at radius 3 is 3.09 bits per heavy atom. The van der Waals surface area contributed by atoms with Gasteiger partial charge in [0.1, 0.15) is 5.75 Å². The van der Waals surface area contributed by atoms with E-state index in [2.05, 4.69) is 34.7 Å². The molecule has 2 aromatic rings. The molecule has 0 amide bonds. The third-order valence-corrected chi connectivity index (χ3v) is 4.60. The number of ether oxygens (including phenoxy) is 1. The summed E-state index contributed by atoms with van der Waals surface area (Å²) in [5.74, 6) is 1.89. The number of hydrogen-bond acceptors (Lipinski definition) is 2. The number of nitrogens with zero attached hydrogens (tertiary/aromatic N) is 2. The Kier molecular flexibility index (Phi) is 5.15. The van der Waals surface area contributed by atoms with Crippen molar-refractivity contribution < 1.29 is 4.74 Å². The summed E-state index contributed by atoms with van der Waals surface area (Å²) in [4.78, 5) is 4.08. The Hall–Kier alpha value is -1.77. The van der Waals surface area contributed by atoms with Crippen molar-refractivity contribution in [3.05, 3.63) is 48.0 Å². The zero-order valence-corrected chi connectivity index (χ0v) is 13.5. The summed E-state index contributed by atoms with van der Waals surface area (Å²) in [6.07, 6.45) is 13.4. The lowest BCUT2D eigenvalue weighted by molar-refractivity contribution is 0.287. The fourth-order valence-electron chi connectivity index (χ4n) is 3.28. The Morgan fingerprint density at radius 1 is 1.27 bits per heavy atom. The summed E-state index contributed by atoms with van der Waals surface area (Å²) < 4.78 is 8.09. The van der Waals surface area contributed by atoms with E-state index in [0.717, 1.165) is 24.8 Å². The van der Waals surface area contributed by atoms with Crippen LogP contribution in [-0.2, 0) is 13.0 Å². The van der Waals surface area contributed by atoms with Crippen molar-refractivity contribution in [2.24, 2.45) is 5.92 Å². The average Bonchev–Trinajstić information content (AvgIpc) is 2.94. The van der Waals surface area contributed by atoms with Gasteiger partial charge in [0.2, 0.25) is 0 Å². The van der Waals surface area contributed by atoms with Gasteiger partial charge in [-0.3, -0.25) is 0 Å². The molecule has 22 heavy (non-hydrogen) atoms. The predicted molar refractivity (Wildman–Crippen MR) is 89.2 cm³/mol. The van der Waals surface area contributed by atoms with E-state index in [-0.39, 0.29) is 0 Å². The molecule has 0 N–H and O–H groups in total. The monoisotopic (exact) mass is 298 g/mol. The largest absolute Gasteiger partial charge is 0.493 e. The maximum Gasteiger partial charge on any atom is 0.122 e. The molecule has 0 bridgehead atoms. The van der Waals surface area contributed by atoms with Crippen LogP contribution in [0.5, 0.6) is 5.75 Å². The molecule has 2 heterocycles. The van der Waals surface area contributed by atoms with Gasteiger partial charge in [-0.15, -0.1) is 0 Å². The molecule has 1 aliphatic heterocycles. The SMILES string of the molecule is Cc1ccc2c(c1)OCCC(CCCCCn1ccnc1)C2. The molecular weight excluding hydrogens is 272 g/mol. The molecule has 1 aromatic carbocycles. The highest BCUT2D eigenvalue weighted by atomic mass is 16.5. The first-order valence-electron chi connectivity index (χ1n) is 8.49. The van der Waals surface area contributed by atoms with Crippen LogP contribution in [0.2, 0.25) is 0 Å². The zero-order valence-electron chi connectivity index (χ0n) is 13.5. The molecule has 0 saturated carbocycles. The molecule has 1 unspecified atom stereocenters. The van der Waals surface area contributed by atoms with Crippen LogP contribution in [0.25, 0.3) is 0 Å². The van der Waals surface area contributed by atoms with Crippen LogP contribution in [0.3, 0.4) is 0 Å². The maximum absolute atomic E-state index is 5.93. The van der Waals surface area contributed by atoms with Gasteiger partial charge in [-0.2, -0.15) is 0 Å². The minimum atomic E-state index is 0.775. The Balaban J connectivity index is 1.42. The summed E-state index contributed by atoms with van der Waals surface area (Å²) in [5.41, 5.74) is 2.68. The van der Waals surface area contributed by atoms with E-state index in [1.165, 1.54) is 49.7 Å². The third kappa shape index (κ3) is 4.12. The van der Waals surface area contributed by atoms with E-state index in [0.29, 0.717) is 0 Å². The Bertz CT molecular complexity index is 577. The maximum atomic E-state index is 5.93. The summed E-state index contributed by atoms with van der Waals surface area (Å²) in [7, 11) is 0. The highest BCUT2D eigenvalue weighted by Crippen LogP contribution is 2.30. The first-order valence-corrected chi connectivity index (χ1v) is 8.49. The molecule has 3 rings (SSSR count). The van der Waals surface area contributed by atoms with E-state index in [1.54, 1.807) is 0 Å². The smallest absolute Gasteiger partial charge is 0.122 e. The molecule has 0 saturated heterocycles. The first-order chi connectivity index (χ1) is 10.8. The van der Waals surface area contributed by atoms with Gasteiger partial charge < -0.3 is 9.30 Å². The molecule has 1 aliphatic rings. The van der Waals surface area contributed by atoms with Crippen molar-refractivity contribution >= 4 is 0 Å². The number of aromatic nitrogens is 2. The van der Waals surface area contributed by atoms with E-state index in [4.69, 9.17) is 4.74 Å². The van der Waals surface area contributed by atoms with E-state index >= 15 is 0 Å². The van der Waals surface area contributed by atoms with Crippen LogP contribution >= 0.6 is 0 Å². The molecule has 0 spiro atoms. The van der Waals surface area contributed by atoms with Crippen LogP contribution in [0, 0.1) is 12.8 Å². The fourth-order valence-corrected chi connectivity index (χ4v) is 3.28. The minimum absolute atomic E-state index is 0.775. The molecule has 0 fully saturated rings. The zero-order chi connectivity index (χ0) is 15.2. The predicted octanol–water partition coefficient (Wildman–Crippen LogP) is 4.39. The van der Waals surface area contributed by atoms with Crippen LogP contribution in [0.1, 0.15) is 43.2 Å². The summed E-state index contributed by atoms with van der Waals surface area (Å²) >= 11 is 0. The number of imidazole rings is 1. The quantitative estimate of drug-likeness (QED) is 0.739. The van der Waals surface area contributed by atoms with Crippen LogP contribution < -0.4 is 4.74 Å². The van der Waals surface area contributed by atoms with E-state index in [9.17, 15) is 0 Å². The second-order valence-electron chi connectivity index (χ2n) is 6.47. The second kappa shape index (κ2) is 7.48. The normalized spacial score (nSPS) is 17.6. The van der Waals surface area contributed by atoms with Crippen LogP contribution in [0.4, 0.5) is 0 Å². The number of fused-ring (bicyclic) bond motifs is 1. The van der Waals surface area contributed by atoms with Crippen LogP contribution in [-0.4, -0.2) is 16.2 Å². The number of aryl methyl sites for hydroxylation is 2. The van der Waals surface area contributed by atoms with Gasteiger partial charge in [0, 0.05) is 18.9 Å². The highest BCUT2D eigenvalue weighted by Gasteiger charge is 2.17. The van der Waals surface area contributed by atoms with Crippen molar-refractivity contribution in [1.29, 1.82) is 0 Å². The number of hydrogen-bond donors (Lipinski definition) is 0. The third-order valence-electron chi connectivity index (χ3n) is 4.60. The van der Waals surface area contributed by atoms with Gasteiger partial charge >= 0.3 is 0 Å². The summed E-state index contributed by atoms with van der Waals surface area (Å²) in [6.45, 7) is 4.10. The lowest BCUT2D eigenvalue weighted by atomic mass is 9.91. The lowest BCUT2D eigenvalue weighted by Crippen LogP contribution is -2.06. The average molecular weight is 298 g/mol. The molecular formula is C19H26N2O.